The molecule has 29 heavy (non-hydrogen) atoms. The van der Waals surface area contributed by atoms with Gasteiger partial charge in [-0.3, -0.25) is 9.59 Å². The van der Waals surface area contributed by atoms with Crippen LogP contribution in [0.1, 0.15) is 5.56 Å². The van der Waals surface area contributed by atoms with Gasteiger partial charge in [-0.05, 0) is 30.2 Å². The van der Waals surface area contributed by atoms with Crippen molar-refractivity contribution in [3.63, 3.8) is 0 Å². The summed E-state index contributed by atoms with van der Waals surface area (Å²) in [6.45, 7) is 1.11. The summed E-state index contributed by atoms with van der Waals surface area (Å²) in [5, 5.41) is 3.45. The Morgan fingerprint density at radius 1 is 1.21 bits per heavy atom. The molecular formula is C23H21ClN2O3. The van der Waals surface area contributed by atoms with Crippen molar-refractivity contribution < 1.29 is 14.3 Å². The third-order valence-corrected chi connectivity index (χ3v) is 6.32. The molecule has 3 heterocycles. The van der Waals surface area contributed by atoms with Gasteiger partial charge >= 0.3 is 0 Å². The lowest BCUT2D eigenvalue weighted by molar-refractivity contribution is -0.135. The minimum Gasteiger partial charge on any atom is -0.360 e. The quantitative estimate of drug-likeness (QED) is 0.772. The van der Waals surface area contributed by atoms with Crippen molar-refractivity contribution in [2.24, 2.45) is 11.8 Å². The summed E-state index contributed by atoms with van der Waals surface area (Å²) >= 11 is 6.02. The fourth-order valence-electron chi connectivity index (χ4n) is 4.77. The average Bonchev–Trinajstić information content (AvgIpc) is 3.35. The summed E-state index contributed by atoms with van der Waals surface area (Å²) in [5.41, 5.74) is 1.12. The number of ether oxygens (including phenoxy) is 1. The van der Waals surface area contributed by atoms with Crippen LogP contribution in [0.15, 0.2) is 66.7 Å². The van der Waals surface area contributed by atoms with E-state index in [-0.39, 0.29) is 17.9 Å². The normalized spacial score (nSPS) is 29.3. The number of fused-ring (bicyclic) bond motifs is 1. The molecule has 2 bridgehead atoms. The SMILES string of the molecule is O=C(Nc1cccc(Cl)c1)[C@@H]1[C@H]2C(=O)N(CCc3ccccc3)C[C@]23C=C[C@H]1O3. The van der Waals surface area contributed by atoms with E-state index in [1.165, 1.54) is 5.56 Å². The highest BCUT2D eigenvalue weighted by atomic mass is 35.5. The van der Waals surface area contributed by atoms with Crippen LogP contribution >= 0.6 is 11.6 Å². The number of nitrogens with zero attached hydrogens (tertiary/aromatic N) is 1. The lowest BCUT2D eigenvalue weighted by Crippen LogP contribution is -2.41. The fraction of sp³-hybridized carbons (Fsp3) is 0.304. The molecule has 0 saturated carbocycles. The third kappa shape index (κ3) is 3.15. The first kappa shape index (κ1) is 18.4. The number of nitrogens with one attached hydrogen (secondary N) is 1. The summed E-state index contributed by atoms with van der Waals surface area (Å²) in [7, 11) is 0. The Labute approximate surface area is 174 Å². The van der Waals surface area contributed by atoms with Crippen LogP contribution in [0.3, 0.4) is 0 Å². The largest absolute Gasteiger partial charge is 0.360 e. The molecule has 6 heteroatoms. The minimum atomic E-state index is -0.686. The molecule has 3 aliphatic rings. The van der Waals surface area contributed by atoms with E-state index in [2.05, 4.69) is 17.4 Å². The van der Waals surface area contributed by atoms with Crippen LogP contribution in [0.25, 0.3) is 0 Å². The first-order valence-electron chi connectivity index (χ1n) is 9.82. The molecule has 0 aliphatic carbocycles. The van der Waals surface area contributed by atoms with E-state index in [0.717, 1.165) is 6.42 Å². The van der Waals surface area contributed by atoms with E-state index in [9.17, 15) is 9.59 Å². The highest BCUT2D eigenvalue weighted by molar-refractivity contribution is 6.30. The number of rotatable bonds is 5. The second-order valence-corrected chi connectivity index (χ2v) is 8.33. The van der Waals surface area contributed by atoms with Gasteiger partial charge in [0.15, 0.2) is 0 Å². The predicted molar refractivity (Wildman–Crippen MR) is 111 cm³/mol. The fourth-order valence-corrected chi connectivity index (χ4v) is 4.96. The Kier molecular flexibility index (Phi) is 4.45. The lowest BCUT2D eigenvalue weighted by atomic mass is 9.77. The zero-order chi connectivity index (χ0) is 20.0. The van der Waals surface area contributed by atoms with Crippen molar-refractivity contribution in [1.82, 2.24) is 4.90 Å². The molecule has 148 valence electrons. The zero-order valence-corrected chi connectivity index (χ0v) is 16.5. The maximum absolute atomic E-state index is 13.2. The maximum Gasteiger partial charge on any atom is 0.231 e. The van der Waals surface area contributed by atoms with Crippen molar-refractivity contribution in [1.29, 1.82) is 0 Å². The van der Waals surface area contributed by atoms with Crippen molar-refractivity contribution >= 4 is 29.1 Å². The standard InChI is InChI=1S/C23H21ClN2O3/c24-16-7-4-8-17(13-16)25-21(27)19-18-9-11-23(29-18)14-26(22(28)20(19)23)12-10-15-5-2-1-3-6-15/h1-9,11,13,18-20H,10,12,14H2,(H,25,27)/t18-,19+,20+,23-/m1/s1. The summed E-state index contributed by atoms with van der Waals surface area (Å²) in [6.07, 6.45) is 4.32. The van der Waals surface area contributed by atoms with Gasteiger partial charge in [0.25, 0.3) is 0 Å². The number of anilines is 1. The minimum absolute atomic E-state index is 0.000903. The Morgan fingerprint density at radius 2 is 2.03 bits per heavy atom. The van der Waals surface area contributed by atoms with E-state index in [0.29, 0.717) is 23.8 Å². The third-order valence-electron chi connectivity index (χ3n) is 6.09. The highest BCUT2D eigenvalue weighted by Gasteiger charge is 2.66. The number of benzene rings is 2. The van der Waals surface area contributed by atoms with Gasteiger partial charge in [-0.1, -0.05) is 60.2 Å². The van der Waals surface area contributed by atoms with Gasteiger partial charge < -0.3 is 15.0 Å². The van der Waals surface area contributed by atoms with Gasteiger partial charge in [-0.25, -0.2) is 0 Å². The first-order valence-corrected chi connectivity index (χ1v) is 10.2. The summed E-state index contributed by atoms with van der Waals surface area (Å²) < 4.78 is 6.17. The number of hydrogen-bond acceptors (Lipinski definition) is 3. The van der Waals surface area contributed by atoms with Gasteiger partial charge in [0, 0.05) is 17.3 Å². The van der Waals surface area contributed by atoms with Crippen LogP contribution in [0, 0.1) is 11.8 Å². The topological polar surface area (TPSA) is 58.6 Å². The van der Waals surface area contributed by atoms with E-state index in [4.69, 9.17) is 16.3 Å². The number of carbonyl (C=O) groups is 2. The van der Waals surface area contributed by atoms with Crippen LogP contribution in [0.4, 0.5) is 5.69 Å². The number of hydrogen-bond donors (Lipinski definition) is 1. The summed E-state index contributed by atoms with van der Waals surface area (Å²) in [4.78, 5) is 28.1. The average molecular weight is 409 g/mol. The van der Waals surface area contributed by atoms with Crippen LogP contribution in [-0.2, 0) is 20.7 Å². The van der Waals surface area contributed by atoms with E-state index in [1.54, 1.807) is 24.3 Å². The number of amides is 2. The highest BCUT2D eigenvalue weighted by Crippen LogP contribution is 2.52. The molecule has 2 saturated heterocycles. The molecule has 2 amide bonds. The van der Waals surface area contributed by atoms with Gasteiger partial charge in [0.1, 0.15) is 5.60 Å². The van der Waals surface area contributed by atoms with E-state index in [1.807, 2.05) is 35.3 Å². The molecule has 4 atom stereocenters. The predicted octanol–water partition coefficient (Wildman–Crippen LogP) is 3.30. The van der Waals surface area contributed by atoms with Gasteiger partial charge in [0.05, 0.1) is 24.5 Å². The lowest BCUT2D eigenvalue weighted by Gasteiger charge is -2.23. The molecule has 1 N–H and O–H groups in total. The van der Waals surface area contributed by atoms with Crippen molar-refractivity contribution in [2.45, 2.75) is 18.1 Å². The smallest absolute Gasteiger partial charge is 0.231 e. The number of likely N-dealkylation sites (tertiary alicyclic amines) is 1. The van der Waals surface area contributed by atoms with Crippen molar-refractivity contribution in [2.75, 3.05) is 18.4 Å². The Morgan fingerprint density at radius 3 is 2.83 bits per heavy atom. The Bertz CT molecular complexity index is 993. The monoisotopic (exact) mass is 408 g/mol. The Balaban J connectivity index is 1.33. The summed E-state index contributed by atoms with van der Waals surface area (Å²) in [6, 6.07) is 17.1. The molecule has 3 aliphatic heterocycles. The van der Waals surface area contributed by atoms with Gasteiger partial charge in [0.2, 0.25) is 11.8 Å². The number of carbonyl (C=O) groups excluding carboxylic acids is 2. The second kappa shape index (κ2) is 7.01. The van der Waals surface area contributed by atoms with Crippen molar-refractivity contribution in [3.8, 4) is 0 Å². The van der Waals surface area contributed by atoms with E-state index < -0.39 is 17.4 Å². The van der Waals surface area contributed by atoms with E-state index >= 15 is 0 Å². The maximum atomic E-state index is 13.2. The van der Waals surface area contributed by atoms with Crippen LogP contribution in [0.2, 0.25) is 5.02 Å². The van der Waals surface area contributed by atoms with Gasteiger partial charge in [-0.2, -0.15) is 0 Å². The first-order chi connectivity index (χ1) is 14.1. The molecule has 2 aromatic carbocycles. The molecule has 5 rings (SSSR count). The van der Waals surface area contributed by atoms with Crippen molar-refractivity contribution in [3.05, 3.63) is 77.3 Å². The molecule has 0 radical (unpaired) electrons. The van der Waals surface area contributed by atoms with Crippen LogP contribution < -0.4 is 5.32 Å². The number of halogens is 1. The molecule has 0 unspecified atom stereocenters. The Hall–Kier alpha value is -2.63. The molecule has 2 fully saturated rings. The molecule has 1 spiro atoms. The molecule has 2 aromatic rings. The molecule has 0 aromatic heterocycles. The zero-order valence-electron chi connectivity index (χ0n) is 15.8. The van der Waals surface area contributed by atoms with Gasteiger partial charge in [-0.15, -0.1) is 0 Å². The van der Waals surface area contributed by atoms with Crippen LogP contribution in [-0.4, -0.2) is 41.5 Å². The molecular weight excluding hydrogens is 388 g/mol. The van der Waals surface area contributed by atoms with Crippen LogP contribution in [0.5, 0.6) is 0 Å². The molecule has 5 nitrogen and oxygen atoms in total. The second-order valence-electron chi connectivity index (χ2n) is 7.89. The summed E-state index contributed by atoms with van der Waals surface area (Å²) in [5.74, 6) is -1.22.